The van der Waals surface area contributed by atoms with Crippen molar-refractivity contribution in [1.82, 2.24) is 4.31 Å². The molecule has 1 unspecified atom stereocenters. The second-order valence-electron chi connectivity index (χ2n) is 4.59. The molecule has 0 amide bonds. The normalized spacial score (nSPS) is 20.8. The number of nitrogens with zero attached hydrogens (tertiary/aromatic N) is 1. The van der Waals surface area contributed by atoms with Crippen LogP contribution in [-0.2, 0) is 14.8 Å². The summed E-state index contributed by atoms with van der Waals surface area (Å²) in [4.78, 5) is 9.91. The Balaban J connectivity index is 2.38. The van der Waals surface area contributed by atoms with Crippen LogP contribution in [0, 0.1) is 17.6 Å². The number of carboxylic acid groups (broad SMARTS) is 1. The summed E-state index contributed by atoms with van der Waals surface area (Å²) in [6, 6.07) is 2.78. The van der Waals surface area contributed by atoms with E-state index >= 15 is 0 Å². The van der Waals surface area contributed by atoms with Crippen molar-refractivity contribution in [1.29, 1.82) is 0 Å². The van der Waals surface area contributed by atoms with Crippen molar-refractivity contribution in [3.05, 3.63) is 29.8 Å². The third-order valence-electron chi connectivity index (χ3n) is 3.25. The predicted molar refractivity (Wildman–Crippen MR) is 65.5 cm³/mol. The lowest BCUT2D eigenvalue weighted by atomic mass is 10.0. The number of carbonyl (C=O) groups is 1. The smallest absolute Gasteiger partial charge is 0.307 e. The topological polar surface area (TPSA) is 74.7 Å². The molecule has 1 aliphatic rings. The second-order valence-corrected chi connectivity index (χ2v) is 6.47. The number of sulfonamides is 1. The molecule has 1 aliphatic heterocycles. The maximum Gasteiger partial charge on any atom is 0.307 e. The SMILES string of the molecule is O=C(O)C1CCCN(S(=O)(=O)c2c(F)cccc2F)C1. The van der Waals surface area contributed by atoms with E-state index in [1.165, 1.54) is 0 Å². The summed E-state index contributed by atoms with van der Waals surface area (Å²) in [5.41, 5.74) is 0. The van der Waals surface area contributed by atoms with Gasteiger partial charge in [-0.15, -0.1) is 0 Å². The molecular weight excluding hydrogens is 292 g/mol. The third-order valence-corrected chi connectivity index (χ3v) is 5.17. The summed E-state index contributed by atoms with van der Waals surface area (Å²) >= 11 is 0. The number of piperidine rings is 1. The van der Waals surface area contributed by atoms with Crippen LogP contribution >= 0.6 is 0 Å². The number of benzene rings is 1. The van der Waals surface area contributed by atoms with Crippen LogP contribution in [0.1, 0.15) is 12.8 Å². The Labute approximate surface area is 114 Å². The molecule has 1 fully saturated rings. The quantitative estimate of drug-likeness (QED) is 0.917. The predicted octanol–water partition coefficient (Wildman–Crippen LogP) is 1.45. The van der Waals surface area contributed by atoms with Crippen molar-refractivity contribution in [2.75, 3.05) is 13.1 Å². The molecule has 1 aromatic carbocycles. The average molecular weight is 305 g/mol. The number of carboxylic acids is 1. The van der Waals surface area contributed by atoms with E-state index in [0.29, 0.717) is 12.8 Å². The number of aliphatic carboxylic acids is 1. The molecule has 1 aromatic rings. The van der Waals surface area contributed by atoms with Gasteiger partial charge in [-0.05, 0) is 25.0 Å². The Morgan fingerprint density at radius 1 is 1.30 bits per heavy atom. The largest absolute Gasteiger partial charge is 0.481 e. The van der Waals surface area contributed by atoms with E-state index in [9.17, 15) is 22.0 Å². The van der Waals surface area contributed by atoms with Crippen molar-refractivity contribution >= 4 is 16.0 Å². The Morgan fingerprint density at radius 3 is 2.45 bits per heavy atom. The highest BCUT2D eigenvalue weighted by Gasteiger charge is 2.36. The number of rotatable bonds is 3. The molecule has 8 heteroatoms. The molecule has 1 N–H and O–H groups in total. The monoisotopic (exact) mass is 305 g/mol. The Hall–Kier alpha value is -1.54. The molecular formula is C12H13F2NO4S. The minimum absolute atomic E-state index is 0.0554. The molecule has 5 nitrogen and oxygen atoms in total. The van der Waals surface area contributed by atoms with Gasteiger partial charge in [0, 0.05) is 13.1 Å². The maximum absolute atomic E-state index is 13.6. The van der Waals surface area contributed by atoms with E-state index in [-0.39, 0.29) is 13.1 Å². The van der Waals surface area contributed by atoms with Gasteiger partial charge in [0.2, 0.25) is 10.0 Å². The van der Waals surface area contributed by atoms with Gasteiger partial charge in [-0.25, -0.2) is 17.2 Å². The van der Waals surface area contributed by atoms with E-state index in [1.54, 1.807) is 0 Å². The van der Waals surface area contributed by atoms with Gasteiger partial charge >= 0.3 is 5.97 Å². The lowest BCUT2D eigenvalue weighted by molar-refractivity contribution is -0.142. The molecule has 110 valence electrons. The lowest BCUT2D eigenvalue weighted by Crippen LogP contribution is -2.42. The minimum atomic E-state index is -4.37. The molecule has 0 aliphatic carbocycles. The van der Waals surface area contributed by atoms with Crippen LogP contribution in [0.3, 0.4) is 0 Å². The van der Waals surface area contributed by atoms with Gasteiger partial charge in [0.25, 0.3) is 0 Å². The summed E-state index contributed by atoms with van der Waals surface area (Å²) in [5, 5.41) is 8.93. The fraction of sp³-hybridized carbons (Fsp3) is 0.417. The van der Waals surface area contributed by atoms with Crippen LogP contribution in [-0.4, -0.2) is 36.9 Å². The highest BCUT2D eigenvalue weighted by molar-refractivity contribution is 7.89. The summed E-state index contributed by atoms with van der Waals surface area (Å²) in [6.45, 7) is -0.217. The Bertz CT molecular complexity index is 612. The van der Waals surface area contributed by atoms with E-state index in [1.807, 2.05) is 0 Å². The zero-order chi connectivity index (χ0) is 14.9. The van der Waals surface area contributed by atoms with E-state index in [0.717, 1.165) is 22.5 Å². The fourth-order valence-corrected chi connectivity index (χ4v) is 3.85. The molecule has 0 radical (unpaired) electrons. The van der Waals surface area contributed by atoms with Crippen LogP contribution < -0.4 is 0 Å². The summed E-state index contributed by atoms with van der Waals surface area (Å²) in [6.07, 6.45) is 0.688. The molecule has 2 rings (SSSR count). The highest BCUT2D eigenvalue weighted by Crippen LogP contribution is 2.27. The number of halogens is 2. The Morgan fingerprint density at radius 2 is 1.90 bits per heavy atom. The van der Waals surface area contributed by atoms with E-state index in [2.05, 4.69) is 0 Å². The van der Waals surface area contributed by atoms with Gasteiger partial charge in [0.1, 0.15) is 11.6 Å². The second kappa shape index (κ2) is 5.45. The van der Waals surface area contributed by atoms with Gasteiger partial charge in [-0.2, -0.15) is 4.31 Å². The highest BCUT2D eigenvalue weighted by atomic mass is 32.2. The molecule has 1 atom stereocenters. The van der Waals surface area contributed by atoms with Crippen molar-refractivity contribution in [2.24, 2.45) is 5.92 Å². The van der Waals surface area contributed by atoms with Gasteiger partial charge in [-0.3, -0.25) is 4.79 Å². The molecule has 1 heterocycles. The first-order chi connectivity index (χ1) is 9.34. The van der Waals surface area contributed by atoms with Crippen molar-refractivity contribution in [2.45, 2.75) is 17.7 Å². The van der Waals surface area contributed by atoms with E-state index in [4.69, 9.17) is 5.11 Å². The molecule has 0 saturated carbocycles. The minimum Gasteiger partial charge on any atom is -0.481 e. The summed E-state index contributed by atoms with van der Waals surface area (Å²) in [5.74, 6) is -4.32. The zero-order valence-electron chi connectivity index (χ0n) is 10.4. The van der Waals surface area contributed by atoms with Crippen LogP contribution in [0.4, 0.5) is 8.78 Å². The van der Waals surface area contributed by atoms with Gasteiger partial charge in [0.15, 0.2) is 4.90 Å². The van der Waals surface area contributed by atoms with Crippen molar-refractivity contribution < 1.29 is 27.1 Å². The van der Waals surface area contributed by atoms with Crippen molar-refractivity contribution in [3.63, 3.8) is 0 Å². The molecule has 1 saturated heterocycles. The van der Waals surface area contributed by atoms with Crippen LogP contribution in [0.5, 0.6) is 0 Å². The molecule has 20 heavy (non-hydrogen) atoms. The average Bonchev–Trinajstić information content (AvgIpc) is 2.38. The first kappa shape index (κ1) is 14.9. The maximum atomic E-state index is 13.6. The number of hydrogen-bond acceptors (Lipinski definition) is 3. The Kier molecular flexibility index (Phi) is 4.05. The standard InChI is InChI=1S/C12H13F2NO4S/c13-9-4-1-5-10(14)11(9)20(18,19)15-6-2-3-8(7-15)12(16)17/h1,4-5,8H,2-3,6-7H2,(H,16,17). The van der Waals surface area contributed by atoms with Crippen LogP contribution in [0.2, 0.25) is 0 Å². The molecule has 0 spiro atoms. The molecule has 0 aromatic heterocycles. The van der Waals surface area contributed by atoms with Gasteiger partial charge < -0.3 is 5.11 Å². The first-order valence-corrected chi connectivity index (χ1v) is 7.45. The van der Waals surface area contributed by atoms with Crippen LogP contribution in [0.15, 0.2) is 23.1 Å². The van der Waals surface area contributed by atoms with Crippen molar-refractivity contribution in [3.8, 4) is 0 Å². The van der Waals surface area contributed by atoms with Crippen LogP contribution in [0.25, 0.3) is 0 Å². The first-order valence-electron chi connectivity index (χ1n) is 6.01. The fourth-order valence-electron chi connectivity index (χ4n) is 2.22. The summed E-state index contributed by atoms with van der Waals surface area (Å²) in [7, 11) is -4.37. The zero-order valence-corrected chi connectivity index (χ0v) is 11.2. The van der Waals surface area contributed by atoms with Gasteiger partial charge in [0.05, 0.1) is 5.92 Å². The lowest BCUT2D eigenvalue weighted by Gasteiger charge is -2.29. The molecule has 0 bridgehead atoms. The van der Waals surface area contributed by atoms with Gasteiger partial charge in [-0.1, -0.05) is 6.07 Å². The third kappa shape index (κ3) is 2.66. The summed E-state index contributed by atoms with van der Waals surface area (Å²) < 4.78 is 52.5. The van der Waals surface area contributed by atoms with E-state index < -0.39 is 38.4 Å². The number of hydrogen-bond donors (Lipinski definition) is 1.